The molecule has 0 saturated carbocycles. The molecule has 2 aliphatic heterocycles. The highest BCUT2D eigenvalue weighted by Crippen LogP contribution is 2.26. The van der Waals surface area contributed by atoms with Gasteiger partial charge in [-0.1, -0.05) is 18.2 Å². The molecular formula is C20H28N2O2S. The van der Waals surface area contributed by atoms with Crippen LogP contribution >= 0.6 is 11.8 Å². The lowest BCUT2D eigenvalue weighted by molar-refractivity contribution is 0.0270. The number of ether oxygens (including phenoxy) is 1. The van der Waals surface area contributed by atoms with E-state index in [1.165, 1.54) is 28.3 Å². The number of amides is 1. The number of rotatable bonds is 2. The van der Waals surface area contributed by atoms with E-state index in [2.05, 4.69) is 35.2 Å². The first-order chi connectivity index (χ1) is 11.9. The van der Waals surface area contributed by atoms with Crippen molar-refractivity contribution in [1.29, 1.82) is 0 Å². The number of hydrogen-bond donors (Lipinski definition) is 0. The molecule has 0 N–H and O–H groups in total. The van der Waals surface area contributed by atoms with Crippen molar-refractivity contribution in [2.75, 3.05) is 42.6 Å². The minimum absolute atomic E-state index is 0.221. The zero-order valence-electron chi connectivity index (χ0n) is 15.5. The summed E-state index contributed by atoms with van der Waals surface area (Å²) in [6.07, 6.45) is 2.81. The maximum absolute atomic E-state index is 12.1. The maximum atomic E-state index is 12.1. The highest BCUT2D eigenvalue weighted by atomic mass is 32.2. The second-order valence-corrected chi connectivity index (χ2v) is 8.78. The van der Waals surface area contributed by atoms with Gasteiger partial charge in [0.05, 0.1) is 0 Å². The first-order valence-electron chi connectivity index (χ1n) is 9.02. The smallest absolute Gasteiger partial charge is 0.410 e. The second kappa shape index (κ2) is 7.73. The average Bonchev–Trinajstić information content (AvgIpc) is 2.61. The van der Waals surface area contributed by atoms with Gasteiger partial charge in [0, 0.05) is 43.4 Å². The second-order valence-electron chi connectivity index (χ2n) is 7.55. The minimum atomic E-state index is -0.441. The number of anilines is 1. The molecule has 1 amide bonds. The van der Waals surface area contributed by atoms with Crippen LogP contribution in [0.3, 0.4) is 0 Å². The summed E-state index contributed by atoms with van der Waals surface area (Å²) in [5, 5.41) is 0. The van der Waals surface area contributed by atoms with Crippen LogP contribution in [0.5, 0.6) is 0 Å². The standard InChI is InChI=1S/C20H28N2O2S/c1-20(2,3)24-19(23)22-10-8-17(9-11-22)16-4-6-18(7-5-16)21-12-14-25-15-13-21/h4-8H,9-15H2,1-3H3. The van der Waals surface area contributed by atoms with Gasteiger partial charge in [0.15, 0.2) is 0 Å². The Morgan fingerprint density at radius 2 is 1.76 bits per heavy atom. The van der Waals surface area contributed by atoms with Gasteiger partial charge in [-0.2, -0.15) is 11.8 Å². The first-order valence-corrected chi connectivity index (χ1v) is 10.2. The lowest BCUT2D eigenvalue weighted by Gasteiger charge is -2.30. The van der Waals surface area contributed by atoms with Gasteiger partial charge in [0.1, 0.15) is 5.60 Å². The van der Waals surface area contributed by atoms with E-state index < -0.39 is 5.60 Å². The van der Waals surface area contributed by atoms with Crippen LogP contribution in [-0.2, 0) is 4.74 Å². The molecule has 2 heterocycles. The molecule has 1 aromatic carbocycles. The molecular weight excluding hydrogens is 332 g/mol. The van der Waals surface area contributed by atoms with E-state index in [1.807, 2.05) is 32.5 Å². The molecule has 2 aliphatic rings. The Morgan fingerprint density at radius 1 is 1.08 bits per heavy atom. The van der Waals surface area contributed by atoms with Crippen LogP contribution in [0.1, 0.15) is 32.8 Å². The molecule has 0 aromatic heterocycles. The Balaban J connectivity index is 1.60. The van der Waals surface area contributed by atoms with Crippen molar-refractivity contribution in [3.8, 4) is 0 Å². The van der Waals surface area contributed by atoms with E-state index in [4.69, 9.17) is 4.74 Å². The summed E-state index contributed by atoms with van der Waals surface area (Å²) in [5.41, 5.74) is 3.46. The molecule has 0 bridgehead atoms. The Kier molecular flexibility index (Phi) is 5.62. The van der Waals surface area contributed by atoms with Crippen LogP contribution in [0.25, 0.3) is 5.57 Å². The van der Waals surface area contributed by atoms with Gasteiger partial charge in [-0.25, -0.2) is 4.79 Å². The van der Waals surface area contributed by atoms with Gasteiger partial charge in [-0.05, 0) is 50.5 Å². The summed E-state index contributed by atoms with van der Waals surface area (Å²) in [4.78, 5) is 16.4. The summed E-state index contributed by atoms with van der Waals surface area (Å²) in [5.74, 6) is 2.43. The van der Waals surface area contributed by atoms with Gasteiger partial charge in [0.2, 0.25) is 0 Å². The van der Waals surface area contributed by atoms with Crippen LogP contribution in [0.2, 0.25) is 0 Å². The molecule has 1 aromatic rings. The number of hydrogen-bond acceptors (Lipinski definition) is 4. The van der Waals surface area contributed by atoms with Crippen LogP contribution in [0.4, 0.5) is 10.5 Å². The summed E-state index contributed by atoms with van der Waals surface area (Å²) in [6, 6.07) is 8.89. The largest absolute Gasteiger partial charge is 0.444 e. The molecule has 4 nitrogen and oxygen atoms in total. The highest BCUT2D eigenvalue weighted by Gasteiger charge is 2.23. The Labute approximate surface area is 155 Å². The molecule has 1 saturated heterocycles. The molecule has 0 aliphatic carbocycles. The quantitative estimate of drug-likeness (QED) is 0.789. The fraction of sp³-hybridized carbons (Fsp3) is 0.550. The summed E-state index contributed by atoms with van der Waals surface area (Å²) >= 11 is 2.03. The van der Waals surface area contributed by atoms with E-state index in [1.54, 1.807) is 4.90 Å². The van der Waals surface area contributed by atoms with Gasteiger partial charge in [-0.15, -0.1) is 0 Å². The predicted octanol–water partition coefficient (Wildman–Crippen LogP) is 4.26. The maximum Gasteiger partial charge on any atom is 0.410 e. The molecule has 1 fully saturated rings. The minimum Gasteiger partial charge on any atom is -0.444 e. The third kappa shape index (κ3) is 4.94. The zero-order chi connectivity index (χ0) is 17.9. The van der Waals surface area contributed by atoms with E-state index in [0.717, 1.165) is 19.5 Å². The topological polar surface area (TPSA) is 32.8 Å². The lowest BCUT2D eigenvalue weighted by Crippen LogP contribution is -2.39. The third-order valence-corrected chi connectivity index (χ3v) is 5.42. The summed E-state index contributed by atoms with van der Waals surface area (Å²) in [6.45, 7) is 9.31. The molecule has 3 rings (SSSR count). The molecule has 0 radical (unpaired) electrons. The number of carbonyl (C=O) groups excluding carboxylic acids is 1. The van der Waals surface area contributed by atoms with Crippen molar-refractivity contribution in [3.05, 3.63) is 35.9 Å². The van der Waals surface area contributed by atoms with Crippen LogP contribution in [0, 0.1) is 0 Å². The first kappa shape index (κ1) is 18.2. The molecule has 0 atom stereocenters. The number of benzene rings is 1. The average molecular weight is 361 g/mol. The number of carbonyl (C=O) groups is 1. The Morgan fingerprint density at radius 3 is 2.32 bits per heavy atom. The predicted molar refractivity (Wildman–Crippen MR) is 106 cm³/mol. The van der Waals surface area contributed by atoms with Crippen molar-refractivity contribution in [2.45, 2.75) is 32.8 Å². The molecule has 5 heteroatoms. The molecule has 0 unspecified atom stereocenters. The van der Waals surface area contributed by atoms with Crippen molar-refractivity contribution in [1.82, 2.24) is 4.90 Å². The molecule has 25 heavy (non-hydrogen) atoms. The fourth-order valence-corrected chi connectivity index (χ4v) is 4.03. The SMILES string of the molecule is CC(C)(C)OC(=O)N1CC=C(c2ccc(N3CCSCC3)cc2)CC1. The lowest BCUT2D eigenvalue weighted by atomic mass is 9.99. The fourth-order valence-electron chi connectivity index (χ4n) is 3.13. The van der Waals surface area contributed by atoms with Crippen LogP contribution in [-0.4, -0.2) is 54.3 Å². The normalized spacial score (nSPS) is 18.8. The van der Waals surface area contributed by atoms with Gasteiger partial charge >= 0.3 is 6.09 Å². The van der Waals surface area contributed by atoms with E-state index in [0.29, 0.717) is 13.1 Å². The van der Waals surface area contributed by atoms with Gasteiger partial charge in [0.25, 0.3) is 0 Å². The number of thioether (sulfide) groups is 1. The molecule has 136 valence electrons. The zero-order valence-corrected chi connectivity index (χ0v) is 16.3. The molecule has 0 spiro atoms. The Bertz CT molecular complexity index is 628. The third-order valence-electron chi connectivity index (χ3n) is 4.48. The van der Waals surface area contributed by atoms with Crippen molar-refractivity contribution in [3.63, 3.8) is 0 Å². The van der Waals surface area contributed by atoms with Crippen molar-refractivity contribution in [2.24, 2.45) is 0 Å². The van der Waals surface area contributed by atoms with Crippen LogP contribution in [0.15, 0.2) is 30.3 Å². The van der Waals surface area contributed by atoms with E-state index >= 15 is 0 Å². The van der Waals surface area contributed by atoms with Crippen molar-refractivity contribution < 1.29 is 9.53 Å². The van der Waals surface area contributed by atoms with Gasteiger partial charge in [-0.3, -0.25) is 0 Å². The summed E-state index contributed by atoms with van der Waals surface area (Å²) < 4.78 is 5.45. The van der Waals surface area contributed by atoms with Crippen molar-refractivity contribution >= 4 is 29.1 Å². The number of nitrogens with zero attached hydrogens (tertiary/aromatic N) is 2. The van der Waals surface area contributed by atoms with E-state index in [-0.39, 0.29) is 6.09 Å². The highest BCUT2D eigenvalue weighted by molar-refractivity contribution is 7.99. The Hall–Kier alpha value is -1.62. The van der Waals surface area contributed by atoms with Crippen LogP contribution < -0.4 is 4.90 Å². The van der Waals surface area contributed by atoms with E-state index in [9.17, 15) is 4.79 Å². The monoisotopic (exact) mass is 360 g/mol. The van der Waals surface area contributed by atoms with Gasteiger partial charge < -0.3 is 14.5 Å². The summed E-state index contributed by atoms with van der Waals surface area (Å²) in [7, 11) is 0.